The zero-order valence-electron chi connectivity index (χ0n) is 14.2. The molecule has 0 aliphatic heterocycles. The Hall–Kier alpha value is -2.69. The maximum Gasteiger partial charge on any atom is 0.326 e. The van der Waals surface area contributed by atoms with Crippen LogP contribution in [0.15, 0.2) is 0 Å². The molecule has 25 heavy (non-hydrogen) atoms. The van der Waals surface area contributed by atoms with E-state index >= 15 is 0 Å². The van der Waals surface area contributed by atoms with Gasteiger partial charge in [0.1, 0.15) is 12.1 Å². The van der Waals surface area contributed by atoms with E-state index in [1.165, 1.54) is 0 Å². The second-order valence-electron chi connectivity index (χ2n) is 5.67. The summed E-state index contributed by atoms with van der Waals surface area (Å²) in [6.07, 6.45) is -0.365. The lowest BCUT2D eigenvalue weighted by Crippen LogP contribution is -2.53. The number of carboxylic acids is 1. The van der Waals surface area contributed by atoms with Gasteiger partial charge in [-0.2, -0.15) is 0 Å². The Balaban J connectivity index is 4.57. The fraction of sp³-hybridized carbons (Fsp3) is 0.643. The summed E-state index contributed by atoms with van der Waals surface area (Å²) in [5.41, 5.74) is 10.1. The Morgan fingerprint density at radius 1 is 1.04 bits per heavy atom. The number of nitrogens with one attached hydrogen (secondary N) is 3. The second-order valence-corrected chi connectivity index (χ2v) is 5.67. The fourth-order valence-corrected chi connectivity index (χ4v) is 1.83. The molecule has 11 nitrogen and oxygen atoms in total. The van der Waals surface area contributed by atoms with Gasteiger partial charge in [-0.1, -0.05) is 13.8 Å². The van der Waals surface area contributed by atoms with Crippen LogP contribution >= 0.6 is 0 Å². The molecule has 0 aliphatic rings. The van der Waals surface area contributed by atoms with E-state index in [-0.39, 0.29) is 25.3 Å². The molecule has 2 unspecified atom stereocenters. The molecule has 0 fully saturated rings. The zero-order chi connectivity index (χ0) is 19.6. The highest BCUT2D eigenvalue weighted by Crippen LogP contribution is 2.02. The molecule has 4 amide bonds. The molecule has 0 aromatic carbocycles. The van der Waals surface area contributed by atoms with E-state index < -0.39 is 48.2 Å². The predicted octanol–water partition coefficient (Wildman–Crippen LogP) is -2.96. The Morgan fingerprint density at radius 2 is 1.64 bits per heavy atom. The summed E-state index contributed by atoms with van der Waals surface area (Å²) in [5.74, 6) is -4.13. The molecule has 0 bridgehead atoms. The number of aliphatic carboxylic acids is 1. The van der Waals surface area contributed by atoms with Crippen LogP contribution in [-0.2, 0) is 24.0 Å². The minimum Gasteiger partial charge on any atom is -0.480 e. The SMILES string of the molecule is CC(C)C(NC(=O)CN)C(=O)NCC(=O)NC(CCC(N)=O)C(=O)O. The molecule has 2 atom stereocenters. The monoisotopic (exact) mass is 359 g/mol. The van der Waals surface area contributed by atoms with Crippen molar-refractivity contribution in [2.75, 3.05) is 13.1 Å². The molecular formula is C14H25N5O6. The maximum absolute atomic E-state index is 12.1. The molecule has 0 aliphatic carbocycles. The summed E-state index contributed by atoms with van der Waals surface area (Å²) < 4.78 is 0. The Kier molecular flexibility index (Phi) is 9.79. The molecule has 0 saturated heterocycles. The van der Waals surface area contributed by atoms with Crippen LogP contribution in [0.1, 0.15) is 26.7 Å². The predicted molar refractivity (Wildman–Crippen MR) is 86.8 cm³/mol. The Bertz CT molecular complexity index is 522. The van der Waals surface area contributed by atoms with Gasteiger partial charge < -0.3 is 32.5 Å². The number of amides is 4. The minimum atomic E-state index is -1.32. The Labute approximate surface area is 144 Å². The fourth-order valence-electron chi connectivity index (χ4n) is 1.83. The van der Waals surface area contributed by atoms with Crippen molar-refractivity contribution in [3.63, 3.8) is 0 Å². The van der Waals surface area contributed by atoms with Gasteiger partial charge in [0.2, 0.25) is 23.6 Å². The van der Waals surface area contributed by atoms with Crippen molar-refractivity contribution < 1.29 is 29.1 Å². The van der Waals surface area contributed by atoms with Crippen molar-refractivity contribution in [2.24, 2.45) is 17.4 Å². The lowest BCUT2D eigenvalue weighted by molar-refractivity contribution is -0.142. The highest BCUT2D eigenvalue weighted by molar-refractivity contribution is 5.92. The first kappa shape index (κ1) is 22.3. The zero-order valence-corrected chi connectivity index (χ0v) is 14.2. The van der Waals surface area contributed by atoms with E-state index in [0.29, 0.717) is 0 Å². The van der Waals surface area contributed by atoms with Crippen LogP contribution < -0.4 is 27.4 Å². The third-order valence-corrected chi connectivity index (χ3v) is 3.19. The van der Waals surface area contributed by atoms with Crippen molar-refractivity contribution >= 4 is 29.6 Å². The van der Waals surface area contributed by atoms with Crippen LogP contribution in [0.4, 0.5) is 0 Å². The highest BCUT2D eigenvalue weighted by atomic mass is 16.4. The number of primary amides is 1. The van der Waals surface area contributed by atoms with Crippen molar-refractivity contribution in [3.8, 4) is 0 Å². The molecule has 8 N–H and O–H groups in total. The standard InChI is InChI=1S/C14H25N5O6/c1-7(2)12(19-10(21)5-15)13(23)17-6-11(22)18-8(14(24)25)3-4-9(16)20/h7-8,12H,3-6,15H2,1-2H3,(H2,16,20)(H,17,23)(H,18,22)(H,19,21)(H,24,25). The molecular weight excluding hydrogens is 334 g/mol. The summed E-state index contributed by atoms with van der Waals surface area (Å²) in [4.78, 5) is 56.9. The summed E-state index contributed by atoms with van der Waals surface area (Å²) in [6, 6.07) is -2.18. The molecule has 0 heterocycles. The second kappa shape index (κ2) is 11.0. The van der Waals surface area contributed by atoms with Crippen LogP contribution in [0.2, 0.25) is 0 Å². The number of carboxylic acid groups (broad SMARTS) is 1. The number of nitrogens with two attached hydrogens (primary N) is 2. The van der Waals surface area contributed by atoms with E-state index in [1.54, 1.807) is 13.8 Å². The smallest absolute Gasteiger partial charge is 0.326 e. The molecule has 0 spiro atoms. The summed E-state index contributed by atoms with van der Waals surface area (Å²) in [6.45, 7) is 2.63. The number of carbonyl (C=O) groups is 5. The average Bonchev–Trinajstić information content (AvgIpc) is 2.52. The molecule has 0 rings (SSSR count). The van der Waals surface area contributed by atoms with Crippen molar-refractivity contribution in [1.82, 2.24) is 16.0 Å². The topological polar surface area (TPSA) is 194 Å². The van der Waals surface area contributed by atoms with Gasteiger partial charge in [0.25, 0.3) is 0 Å². The lowest BCUT2D eigenvalue weighted by atomic mass is 10.0. The third-order valence-electron chi connectivity index (χ3n) is 3.19. The first-order valence-corrected chi connectivity index (χ1v) is 7.66. The van der Waals surface area contributed by atoms with Gasteiger partial charge >= 0.3 is 5.97 Å². The quantitative estimate of drug-likeness (QED) is 0.227. The average molecular weight is 359 g/mol. The van der Waals surface area contributed by atoms with Crippen LogP contribution in [0.25, 0.3) is 0 Å². The molecule has 142 valence electrons. The first-order valence-electron chi connectivity index (χ1n) is 7.66. The number of carbonyl (C=O) groups excluding carboxylic acids is 4. The van der Waals surface area contributed by atoms with E-state index in [2.05, 4.69) is 16.0 Å². The normalized spacial score (nSPS) is 12.8. The number of hydrogen-bond acceptors (Lipinski definition) is 6. The van der Waals surface area contributed by atoms with Crippen molar-refractivity contribution in [1.29, 1.82) is 0 Å². The molecule has 0 saturated carbocycles. The Morgan fingerprint density at radius 3 is 2.08 bits per heavy atom. The van der Waals surface area contributed by atoms with E-state index in [4.69, 9.17) is 16.6 Å². The number of hydrogen-bond donors (Lipinski definition) is 6. The van der Waals surface area contributed by atoms with Gasteiger partial charge in [-0.15, -0.1) is 0 Å². The van der Waals surface area contributed by atoms with Crippen molar-refractivity contribution in [2.45, 2.75) is 38.8 Å². The maximum atomic E-state index is 12.1. The lowest BCUT2D eigenvalue weighted by Gasteiger charge is -2.21. The van der Waals surface area contributed by atoms with Gasteiger partial charge in [-0.3, -0.25) is 19.2 Å². The van der Waals surface area contributed by atoms with Crippen LogP contribution in [-0.4, -0.2) is 59.9 Å². The van der Waals surface area contributed by atoms with E-state index in [1.807, 2.05) is 0 Å². The summed E-state index contributed by atoms with van der Waals surface area (Å²) >= 11 is 0. The van der Waals surface area contributed by atoms with E-state index in [0.717, 1.165) is 0 Å². The van der Waals surface area contributed by atoms with Crippen LogP contribution in [0.3, 0.4) is 0 Å². The molecule has 0 aromatic rings. The van der Waals surface area contributed by atoms with Gasteiger partial charge in [-0.05, 0) is 12.3 Å². The summed E-state index contributed by atoms with van der Waals surface area (Å²) in [7, 11) is 0. The summed E-state index contributed by atoms with van der Waals surface area (Å²) in [5, 5.41) is 15.9. The first-order chi connectivity index (χ1) is 11.6. The van der Waals surface area contributed by atoms with Gasteiger partial charge in [-0.25, -0.2) is 4.79 Å². The van der Waals surface area contributed by atoms with Gasteiger partial charge in [0.15, 0.2) is 0 Å². The van der Waals surface area contributed by atoms with Gasteiger partial charge in [0, 0.05) is 6.42 Å². The highest BCUT2D eigenvalue weighted by Gasteiger charge is 2.25. The largest absolute Gasteiger partial charge is 0.480 e. The van der Waals surface area contributed by atoms with Crippen molar-refractivity contribution in [3.05, 3.63) is 0 Å². The minimum absolute atomic E-state index is 0.161. The van der Waals surface area contributed by atoms with E-state index in [9.17, 15) is 24.0 Å². The molecule has 0 radical (unpaired) electrons. The number of rotatable bonds is 11. The molecule has 11 heteroatoms. The van der Waals surface area contributed by atoms with Gasteiger partial charge in [0.05, 0.1) is 13.1 Å². The third kappa shape index (κ3) is 9.25. The van der Waals surface area contributed by atoms with Crippen LogP contribution in [0.5, 0.6) is 0 Å². The van der Waals surface area contributed by atoms with Crippen LogP contribution in [0, 0.1) is 5.92 Å². The molecule has 0 aromatic heterocycles.